The van der Waals surface area contributed by atoms with Crippen LogP contribution >= 0.6 is 0 Å². The van der Waals surface area contributed by atoms with E-state index in [0.717, 1.165) is 25.7 Å². The molecule has 1 atom stereocenters. The molecule has 0 aliphatic carbocycles. The van der Waals surface area contributed by atoms with Crippen LogP contribution in [0.25, 0.3) is 0 Å². The lowest BCUT2D eigenvalue weighted by Crippen LogP contribution is -2.19. The van der Waals surface area contributed by atoms with Crippen LogP contribution in [0.15, 0.2) is 0 Å². The second-order valence-corrected chi connectivity index (χ2v) is 9.60. The molecule has 0 rings (SSSR count). The van der Waals surface area contributed by atoms with Gasteiger partial charge >= 0.3 is 11.9 Å². The van der Waals surface area contributed by atoms with E-state index < -0.39 is 0 Å². The number of hydrogen-bond acceptors (Lipinski definition) is 4. The van der Waals surface area contributed by atoms with E-state index in [0.29, 0.717) is 18.9 Å². The Balaban J connectivity index is 3.57. The molecule has 192 valence electrons. The van der Waals surface area contributed by atoms with E-state index in [1.54, 1.807) is 0 Å². The van der Waals surface area contributed by atoms with Gasteiger partial charge in [0, 0.05) is 19.3 Å². The largest absolute Gasteiger partial charge is 0.466 e. The van der Waals surface area contributed by atoms with Crippen molar-refractivity contribution in [2.24, 2.45) is 5.92 Å². The smallest absolute Gasteiger partial charge is 0.307 e. The van der Waals surface area contributed by atoms with E-state index in [-0.39, 0.29) is 30.9 Å². The van der Waals surface area contributed by atoms with Crippen molar-refractivity contribution in [1.29, 1.82) is 0 Å². The molecule has 1 unspecified atom stereocenters. The maximum absolute atomic E-state index is 12.0. The molecule has 4 heteroatoms. The molecule has 0 aromatic rings. The van der Waals surface area contributed by atoms with Gasteiger partial charge in [0.05, 0.1) is 6.61 Å². The standard InChI is InChI=1S/C29H52O4/c1-5-7-9-10-11-12-13-14-15-16-17-18-19-24-32-28(30)22-20-23-29(31)33-27(21-8-6-2)25-26(3)4/h26-27H,5-7,9-20,22-25H2,1-4H3. The molecule has 0 aliphatic rings. The Morgan fingerprint density at radius 3 is 1.73 bits per heavy atom. The highest BCUT2D eigenvalue weighted by Crippen LogP contribution is 2.13. The summed E-state index contributed by atoms with van der Waals surface area (Å²) in [6.07, 6.45) is 19.0. The molecule has 0 saturated heterocycles. The maximum Gasteiger partial charge on any atom is 0.307 e. The second kappa shape index (κ2) is 23.7. The Morgan fingerprint density at radius 2 is 1.21 bits per heavy atom. The number of ether oxygens (including phenoxy) is 2. The van der Waals surface area contributed by atoms with E-state index in [2.05, 4.69) is 32.6 Å². The van der Waals surface area contributed by atoms with Gasteiger partial charge in [0.2, 0.25) is 0 Å². The molecule has 0 fully saturated rings. The summed E-state index contributed by atoms with van der Waals surface area (Å²) in [5.74, 6) is 5.92. The summed E-state index contributed by atoms with van der Waals surface area (Å²) in [4.78, 5) is 23.9. The summed E-state index contributed by atoms with van der Waals surface area (Å²) >= 11 is 0. The average molecular weight is 465 g/mol. The third kappa shape index (κ3) is 23.5. The zero-order valence-corrected chi connectivity index (χ0v) is 22.2. The van der Waals surface area contributed by atoms with Crippen LogP contribution in [0.4, 0.5) is 0 Å². The fraction of sp³-hybridized carbons (Fsp3) is 0.862. The molecular formula is C29H52O4. The van der Waals surface area contributed by atoms with Gasteiger partial charge < -0.3 is 9.47 Å². The first kappa shape index (κ1) is 31.5. The van der Waals surface area contributed by atoms with Crippen molar-refractivity contribution in [2.45, 2.75) is 149 Å². The quantitative estimate of drug-likeness (QED) is 0.0976. The van der Waals surface area contributed by atoms with Crippen LogP contribution in [0.3, 0.4) is 0 Å². The summed E-state index contributed by atoms with van der Waals surface area (Å²) in [7, 11) is 0. The van der Waals surface area contributed by atoms with Crippen molar-refractivity contribution in [3.05, 3.63) is 0 Å². The van der Waals surface area contributed by atoms with E-state index >= 15 is 0 Å². The Morgan fingerprint density at radius 1 is 0.697 bits per heavy atom. The number of unbranched alkanes of at least 4 members (excludes halogenated alkanes) is 12. The van der Waals surface area contributed by atoms with Gasteiger partial charge in [-0.3, -0.25) is 9.59 Å². The van der Waals surface area contributed by atoms with E-state index in [1.165, 1.54) is 70.6 Å². The van der Waals surface area contributed by atoms with Gasteiger partial charge in [-0.15, -0.1) is 0 Å². The van der Waals surface area contributed by atoms with Gasteiger partial charge in [-0.05, 0) is 25.2 Å². The molecule has 0 aliphatic heterocycles. The summed E-state index contributed by atoms with van der Waals surface area (Å²) in [6.45, 7) is 8.90. The van der Waals surface area contributed by atoms with Crippen LogP contribution in [-0.4, -0.2) is 24.6 Å². The molecular weight excluding hydrogens is 412 g/mol. The minimum absolute atomic E-state index is 0.216. The maximum atomic E-state index is 12.0. The van der Waals surface area contributed by atoms with Crippen molar-refractivity contribution in [3.63, 3.8) is 0 Å². The first-order chi connectivity index (χ1) is 16.0. The summed E-state index contributed by atoms with van der Waals surface area (Å²) in [5.41, 5.74) is 0. The van der Waals surface area contributed by atoms with Gasteiger partial charge in [-0.2, -0.15) is 0 Å². The Hall–Kier alpha value is -1.50. The molecule has 0 aromatic heterocycles. The Bertz CT molecular complexity index is 529. The fourth-order valence-corrected chi connectivity index (χ4v) is 3.75. The Kier molecular flexibility index (Phi) is 22.6. The van der Waals surface area contributed by atoms with E-state index in [9.17, 15) is 9.59 Å². The highest BCUT2D eigenvalue weighted by molar-refractivity contribution is 5.72. The zero-order valence-electron chi connectivity index (χ0n) is 22.2. The third-order valence-electron chi connectivity index (χ3n) is 5.67. The first-order valence-electron chi connectivity index (χ1n) is 13.8. The van der Waals surface area contributed by atoms with Crippen molar-refractivity contribution >= 4 is 11.9 Å². The van der Waals surface area contributed by atoms with Gasteiger partial charge in [-0.1, -0.05) is 117 Å². The second-order valence-electron chi connectivity index (χ2n) is 9.60. The average Bonchev–Trinajstić information content (AvgIpc) is 2.77. The molecule has 0 bridgehead atoms. The lowest BCUT2D eigenvalue weighted by Gasteiger charge is -2.14. The molecule has 0 amide bonds. The van der Waals surface area contributed by atoms with Crippen LogP contribution in [0.2, 0.25) is 0 Å². The molecule has 0 heterocycles. The normalized spacial score (nSPS) is 11.7. The molecule has 0 saturated carbocycles. The van der Waals surface area contributed by atoms with Crippen molar-refractivity contribution in [1.82, 2.24) is 0 Å². The topological polar surface area (TPSA) is 52.6 Å². The summed E-state index contributed by atoms with van der Waals surface area (Å²) in [6, 6.07) is 0. The highest BCUT2D eigenvalue weighted by atomic mass is 16.5. The van der Waals surface area contributed by atoms with Crippen molar-refractivity contribution in [3.8, 4) is 11.8 Å². The predicted octanol–water partition coefficient (Wildman–Crippen LogP) is 8.16. The van der Waals surface area contributed by atoms with Crippen LogP contribution in [0, 0.1) is 17.8 Å². The minimum Gasteiger partial charge on any atom is -0.466 e. The molecule has 0 N–H and O–H groups in total. The molecule has 0 spiro atoms. The molecule has 0 radical (unpaired) electrons. The van der Waals surface area contributed by atoms with E-state index in [4.69, 9.17) is 9.47 Å². The van der Waals surface area contributed by atoms with Crippen LogP contribution < -0.4 is 0 Å². The monoisotopic (exact) mass is 464 g/mol. The lowest BCUT2D eigenvalue weighted by molar-refractivity contribution is -0.147. The molecule has 0 aromatic carbocycles. The third-order valence-corrected chi connectivity index (χ3v) is 5.67. The van der Waals surface area contributed by atoms with Gasteiger partial charge in [0.1, 0.15) is 0 Å². The van der Waals surface area contributed by atoms with Crippen LogP contribution in [0.5, 0.6) is 0 Å². The minimum atomic E-state index is -0.347. The lowest BCUT2D eigenvalue weighted by atomic mass is 10.0. The van der Waals surface area contributed by atoms with Gasteiger partial charge in [0.25, 0.3) is 0 Å². The highest BCUT2D eigenvalue weighted by Gasteiger charge is 2.14. The van der Waals surface area contributed by atoms with Crippen molar-refractivity contribution < 1.29 is 19.1 Å². The predicted molar refractivity (Wildman–Crippen MR) is 138 cm³/mol. The fourth-order valence-electron chi connectivity index (χ4n) is 3.75. The number of carbonyl (C=O) groups is 2. The van der Waals surface area contributed by atoms with Crippen LogP contribution in [-0.2, 0) is 19.1 Å². The van der Waals surface area contributed by atoms with Crippen LogP contribution in [0.1, 0.15) is 143 Å². The van der Waals surface area contributed by atoms with Gasteiger partial charge in [0.15, 0.2) is 6.10 Å². The summed E-state index contributed by atoms with van der Waals surface area (Å²) < 4.78 is 10.8. The number of esters is 2. The molecule has 33 heavy (non-hydrogen) atoms. The zero-order chi connectivity index (χ0) is 24.6. The summed E-state index contributed by atoms with van der Waals surface area (Å²) in [5, 5.41) is 0. The van der Waals surface area contributed by atoms with Crippen molar-refractivity contribution in [2.75, 3.05) is 6.61 Å². The Labute approximate surface area is 205 Å². The number of rotatable bonds is 21. The molecule has 4 nitrogen and oxygen atoms in total. The van der Waals surface area contributed by atoms with Gasteiger partial charge in [-0.25, -0.2) is 0 Å². The SMILES string of the molecule is CCC#CC(CC(C)C)OC(=O)CCCC(=O)OCCCCCCCCCCCCCCC. The number of hydrogen-bond donors (Lipinski definition) is 0. The number of carbonyl (C=O) groups excluding carboxylic acids is 2. The first-order valence-corrected chi connectivity index (χ1v) is 13.8. The van der Waals surface area contributed by atoms with E-state index in [1.807, 2.05) is 6.92 Å².